The van der Waals surface area contributed by atoms with Crippen LogP contribution in [0.25, 0.3) is 0 Å². The number of halogens is 1. The molecule has 1 N–H and O–H groups in total. The Morgan fingerprint density at radius 1 is 1.29 bits per heavy atom. The summed E-state index contributed by atoms with van der Waals surface area (Å²) in [6.07, 6.45) is 4.39. The number of nitrogens with zero attached hydrogens (tertiary/aromatic N) is 3. The van der Waals surface area contributed by atoms with Crippen LogP contribution in [0, 0.1) is 6.92 Å². The Morgan fingerprint density at radius 2 is 2.14 bits per heavy atom. The molecular weight excluding hydrogens is 372 g/mol. The summed E-state index contributed by atoms with van der Waals surface area (Å²) in [6.45, 7) is 3.47. The number of carbonyl (C=O) groups excluding carboxylic acids is 1. The average Bonchev–Trinajstić information content (AvgIpc) is 3.24. The maximum absolute atomic E-state index is 12.7. The second kappa shape index (κ2) is 8.15. The number of benzene rings is 1. The molecule has 0 bridgehead atoms. The Balaban J connectivity index is 1.54. The number of hydrogen-bond donors (Lipinski definition) is 1. The first kappa shape index (κ1) is 18.7. The number of hydrogen-bond acceptors (Lipinski definition) is 3. The van der Waals surface area contributed by atoms with Crippen LogP contribution in [0.15, 0.2) is 48.7 Å². The first-order chi connectivity index (χ1) is 13.6. The molecule has 1 saturated heterocycles. The molecule has 28 heavy (non-hydrogen) atoms. The first-order valence-corrected chi connectivity index (χ1v) is 9.97. The van der Waals surface area contributed by atoms with Crippen LogP contribution in [0.4, 0.5) is 0 Å². The van der Waals surface area contributed by atoms with Crippen LogP contribution in [-0.2, 0) is 6.42 Å². The highest BCUT2D eigenvalue weighted by molar-refractivity contribution is 6.31. The molecule has 5 nitrogen and oxygen atoms in total. The number of carbonyl (C=O) groups is 1. The van der Waals surface area contributed by atoms with Crippen LogP contribution in [0.2, 0.25) is 5.02 Å². The number of amides is 1. The zero-order valence-corrected chi connectivity index (χ0v) is 16.6. The Hall–Kier alpha value is -2.66. The molecule has 0 aliphatic carbocycles. The van der Waals surface area contributed by atoms with Crippen LogP contribution in [0.5, 0.6) is 0 Å². The van der Waals surface area contributed by atoms with E-state index < -0.39 is 0 Å². The molecule has 3 aromatic rings. The number of aryl methyl sites for hydroxylation is 1. The normalized spacial score (nSPS) is 16.9. The van der Waals surface area contributed by atoms with Crippen molar-refractivity contribution >= 4 is 17.5 Å². The van der Waals surface area contributed by atoms with E-state index in [0.29, 0.717) is 12.2 Å². The van der Waals surface area contributed by atoms with Crippen molar-refractivity contribution in [3.8, 4) is 0 Å². The van der Waals surface area contributed by atoms with Gasteiger partial charge in [0.05, 0.1) is 0 Å². The van der Waals surface area contributed by atoms with Gasteiger partial charge in [0, 0.05) is 41.6 Å². The van der Waals surface area contributed by atoms with Crippen molar-refractivity contribution in [2.75, 3.05) is 13.1 Å². The quantitative estimate of drug-likeness (QED) is 0.714. The van der Waals surface area contributed by atoms with Gasteiger partial charge in [0.2, 0.25) is 0 Å². The SMILES string of the molecule is Cc1cc(Cc2ccccc2Cl)cc(C2CCCN(C(=O)c3ccn[nH]3)C2)n1. The molecule has 144 valence electrons. The zero-order chi connectivity index (χ0) is 19.5. The Bertz CT molecular complexity index is 970. The van der Waals surface area contributed by atoms with Crippen LogP contribution in [0.1, 0.15) is 51.8 Å². The summed E-state index contributed by atoms with van der Waals surface area (Å²) in [7, 11) is 0. The van der Waals surface area contributed by atoms with E-state index in [-0.39, 0.29) is 11.8 Å². The van der Waals surface area contributed by atoms with E-state index in [1.54, 1.807) is 12.3 Å². The molecule has 1 aliphatic rings. The number of pyridine rings is 1. The summed E-state index contributed by atoms with van der Waals surface area (Å²) in [4.78, 5) is 19.4. The Labute approximate surface area is 169 Å². The predicted octanol–water partition coefficient (Wildman–Crippen LogP) is 4.38. The highest BCUT2D eigenvalue weighted by Crippen LogP contribution is 2.28. The number of likely N-dealkylation sites (tertiary alicyclic amines) is 1. The fourth-order valence-electron chi connectivity index (χ4n) is 3.89. The highest BCUT2D eigenvalue weighted by atomic mass is 35.5. The van der Waals surface area contributed by atoms with Crippen LogP contribution in [0.3, 0.4) is 0 Å². The van der Waals surface area contributed by atoms with Gasteiger partial charge in [-0.2, -0.15) is 5.10 Å². The van der Waals surface area contributed by atoms with E-state index in [1.807, 2.05) is 30.0 Å². The number of aromatic amines is 1. The van der Waals surface area contributed by atoms with Gasteiger partial charge in [0.15, 0.2) is 0 Å². The number of aromatic nitrogens is 3. The molecule has 4 rings (SSSR count). The molecular formula is C22H23ClN4O. The van der Waals surface area contributed by atoms with E-state index in [9.17, 15) is 4.79 Å². The van der Waals surface area contributed by atoms with E-state index in [1.165, 1.54) is 5.56 Å². The van der Waals surface area contributed by atoms with E-state index in [2.05, 4.69) is 28.4 Å². The summed E-state index contributed by atoms with van der Waals surface area (Å²) in [5.41, 5.74) is 4.91. The van der Waals surface area contributed by atoms with Gasteiger partial charge in [-0.15, -0.1) is 0 Å². The third-order valence-corrected chi connectivity index (χ3v) is 5.61. The predicted molar refractivity (Wildman–Crippen MR) is 110 cm³/mol. The minimum absolute atomic E-state index is 0.00569. The van der Waals surface area contributed by atoms with Gasteiger partial charge < -0.3 is 4.90 Å². The lowest BCUT2D eigenvalue weighted by Gasteiger charge is -2.32. The van der Waals surface area contributed by atoms with Gasteiger partial charge in [-0.05, 0) is 61.6 Å². The van der Waals surface area contributed by atoms with Crippen LogP contribution < -0.4 is 0 Å². The summed E-state index contributed by atoms with van der Waals surface area (Å²) in [5, 5.41) is 7.44. The fraction of sp³-hybridized carbons (Fsp3) is 0.318. The molecule has 0 radical (unpaired) electrons. The second-order valence-electron chi connectivity index (χ2n) is 7.37. The van der Waals surface area contributed by atoms with Gasteiger partial charge in [-0.25, -0.2) is 0 Å². The summed E-state index contributed by atoms with van der Waals surface area (Å²) in [6, 6.07) is 13.9. The Morgan fingerprint density at radius 3 is 2.93 bits per heavy atom. The van der Waals surface area contributed by atoms with Crippen LogP contribution in [-0.4, -0.2) is 39.1 Å². The monoisotopic (exact) mass is 394 g/mol. The smallest absolute Gasteiger partial charge is 0.271 e. The van der Waals surface area contributed by atoms with Crippen molar-refractivity contribution in [2.24, 2.45) is 0 Å². The summed E-state index contributed by atoms with van der Waals surface area (Å²) < 4.78 is 0. The summed E-state index contributed by atoms with van der Waals surface area (Å²) in [5.74, 6) is 0.247. The maximum Gasteiger partial charge on any atom is 0.271 e. The third-order valence-electron chi connectivity index (χ3n) is 5.24. The number of rotatable bonds is 4. The minimum atomic E-state index is 0.00569. The highest BCUT2D eigenvalue weighted by Gasteiger charge is 2.27. The molecule has 0 saturated carbocycles. The topological polar surface area (TPSA) is 61.9 Å². The van der Waals surface area contributed by atoms with Crippen molar-refractivity contribution < 1.29 is 4.79 Å². The second-order valence-corrected chi connectivity index (χ2v) is 7.78. The van der Waals surface area contributed by atoms with Crippen LogP contribution >= 0.6 is 11.6 Å². The standard InChI is InChI=1S/C22H23ClN4O/c1-15-11-16(12-17-5-2-3-7-19(17)23)13-21(25-15)18-6-4-10-27(14-18)22(28)20-8-9-24-26-20/h2-3,5,7-9,11,13,18H,4,6,10,12,14H2,1H3,(H,24,26). The van der Waals surface area contributed by atoms with E-state index >= 15 is 0 Å². The van der Waals surface area contributed by atoms with Gasteiger partial charge in [-0.3, -0.25) is 14.9 Å². The molecule has 1 amide bonds. The molecule has 0 spiro atoms. The first-order valence-electron chi connectivity index (χ1n) is 9.59. The lowest BCUT2D eigenvalue weighted by molar-refractivity contribution is 0.0700. The van der Waals surface area contributed by atoms with Crippen molar-refractivity contribution in [3.63, 3.8) is 0 Å². The van der Waals surface area contributed by atoms with Crippen molar-refractivity contribution in [1.29, 1.82) is 0 Å². The largest absolute Gasteiger partial charge is 0.337 e. The molecule has 1 unspecified atom stereocenters. The Kier molecular flexibility index (Phi) is 5.44. The number of piperidine rings is 1. The van der Waals surface area contributed by atoms with Crippen molar-refractivity contribution in [2.45, 2.75) is 32.1 Å². The maximum atomic E-state index is 12.7. The fourth-order valence-corrected chi connectivity index (χ4v) is 4.09. The lowest BCUT2D eigenvalue weighted by atomic mass is 9.92. The van der Waals surface area contributed by atoms with Gasteiger partial charge >= 0.3 is 0 Å². The van der Waals surface area contributed by atoms with Crippen molar-refractivity contribution in [1.82, 2.24) is 20.1 Å². The third kappa shape index (κ3) is 4.09. The van der Waals surface area contributed by atoms with E-state index in [0.717, 1.165) is 47.8 Å². The molecule has 2 aromatic heterocycles. The lowest BCUT2D eigenvalue weighted by Crippen LogP contribution is -2.39. The molecule has 6 heteroatoms. The molecule has 1 aromatic carbocycles. The van der Waals surface area contributed by atoms with Gasteiger partial charge in [0.1, 0.15) is 5.69 Å². The summed E-state index contributed by atoms with van der Waals surface area (Å²) >= 11 is 6.34. The van der Waals surface area contributed by atoms with Crippen molar-refractivity contribution in [3.05, 3.63) is 81.9 Å². The number of H-pyrrole nitrogens is 1. The minimum Gasteiger partial charge on any atom is -0.337 e. The molecule has 1 fully saturated rings. The number of nitrogens with one attached hydrogen (secondary N) is 1. The van der Waals surface area contributed by atoms with Gasteiger partial charge in [-0.1, -0.05) is 29.8 Å². The average molecular weight is 395 g/mol. The molecule has 1 atom stereocenters. The van der Waals surface area contributed by atoms with E-state index in [4.69, 9.17) is 16.6 Å². The molecule has 3 heterocycles. The zero-order valence-electron chi connectivity index (χ0n) is 15.9. The van der Waals surface area contributed by atoms with Gasteiger partial charge in [0.25, 0.3) is 5.91 Å². The molecule has 1 aliphatic heterocycles.